The highest BCUT2D eigenvalue weighted by Gasteiger charge is 2.17. The normalized spacial score (nSPS) is 14.7. The van der Waals surface area contributed by atoms with Crippen molar-refractivity contribution in [1.29, 1.82) is 0 Å². The lowest BCUT2D eigenvalue weighted by molar-refractivity contribution is 0.0766. The van der Waals surface area contributed by atoms with Crippen molar-refractivity contribution >= 4 is 29.7 Å². The number of carbonyl (C=O) groups excluding carboxylic acids is 1. The summed E-state index contributed by atoms with van der Waals surface area (Å²) in [7, 11) is 0. The molecule has 1 amide bonds. The van der Waals surface area contributed by atoms with Gasteiger partial charge >= 0.3 is 0 Å². The van der Waals surface area contributed by atoms with E-state index >= 15 is 0 Å². The van der Waals surface area contributed by atoms with Gasteiger partial charge in [0.25, 0.3) is 5.91 Å². The van der Waals surface area contributed by atoms with Gasteiger partial charge < -0.3 is 15.0 Å². The van der Waals surface area contributed by atoms with Crippen LogP contribution in [0.4, 0.5) is 0 Å². The molecule has 1 fully saturated rings. The van der Waals surface area contributed by atoms with E-state index in [-0.39, 0.29) is 18.3 Å². The number of nitrogens with zero attached hydrogens (tertiary/aromatic N) is 1. The van der Waals surface area contributed by atoms with Crippen molar-refractivity contribution in [3.63, 3.8) is 0 Å². The summed E-state index contributed by atoms with van der Waals surface area (Å²) in [5, 5.41) is 5.35. The van der Waals surface area contributed by atoms with Gasteiger partial charge in [-0.1, -0.05) is 12.1 Å². The Labute approximate surface area is 146 Å². The first-order valence-corrected chi connectivity index (χ1v) is 8.46. The van der Waals surface area contributed by atoms with Crippen LogP contribution in [0, 0.1) is 0 Å². The van der Waals surface area contributed by atoms with Crippen LogP contribution in [0.2, 0.25) is 0 Å². The van der Waals surface area contributed by atoms with Crippen LogP contribution in [0.15, 0.2) is 41.8 Å². The van der Waals surface area contributed by atoms with E-state index in [9.17, 15) is 4.79 Å². The predicted molar refractivity (Wildman–Crippen MR) is 95.7 cm³/mol. The number of hydrogen-bond donors (Lipinski definition) is 1. The molecule has 3 rings (SSSR count). The van der Waals surface area contributed by atoms with Gasteiger partial charge in [0.2, 0.25) is 0 Å². The summed E-state index contributed by atoms with van der Waals surface area (Å²) in [6, 6.07) is 11.5. The number of nitrogens with one attached hydrogen (secondary N) is 1. The number of rotatable bonds is 4. The molecule has 1 aromatic carbocycles. The number of benzene rings is 1. The van der Waals surface area contributed by atoms with Crippen molar-refractivity contribution in [2.24, 2.45) is 0 Å². The van der Waals surface area contributed by atoms with Crippen LogP contribution in [-0.2, 0) is 6.61 Å². The quantitative estimate of drug-likeness (QED) is 0.918. The van der Waals surface area contributed by atoms with E-state index in [1.54, 1.807) is 11.3 Å². The number of carbonyl (C=O) groups is 1. The third-order valence-electron chi connectivity index (χ3n) is 3.67. The molecular formula is C17H21ClN2O2S. The van der Waals surface area contributed by atoms with Crippen molar-refractivity contribution in [3.05, 3.63) is 52.2 Å². The van der Waals surface area contributed by atoms with Crippen LogP contribution in [0.1, 0.15) is 21.7 Å². The van der Waals surface area contributed by atoms with Crippen LogP contribution in [0.25, 0.3) is 0 Å². The van der Waals surface area contributed by atoms with Gasteiger partial charge in [0.05, 0.1) is 0 Å². The largest absolute Gasteiger partial charge is 0.488 e. The molecule has 0 atom stereocenters. The van der Waals surface area contributed by atoms with Gasteiger partial charge in [0, 0.05) is 30.1 Å². The number of ether oxygens (including phenoxy) is 1. The molecule has 4 nitrogen and oxygen atoms in total. The number of hydrogen-bond acceptors (Lipinski definition) is 4. The summed E-state index contributed by atoms with van der Waals surface area (Å²) in [5.74, 6) is 0.831. The minimum Gasteiger partial charge on any atom is -0.488 e. The predicted octanol–water partition coefficient (Wildman–Crippen LogP) is 3.18. The lowest BCUT2D eigenvalue weighted by atomic mass is 10.2. The van der Waals surface area contributed by atoms with Crippen LogP contribution < -0.4 is 10.1 Å². The van der Waals surface area contributed by atoms with E-state index in [4.69, 9.17) is 4.74 Å². The monoisotopic (exact) mass is 352 g/mol. The fraction of sp³-hybridized carbons (Fsp3) is 0.353. The average Bonchev–Trinajstić information content (AvgIpc) is 2.93. The van der Waals surface area contributed by atoms with Gasteiger partial charge in [-0.15, -0.1) is 23.7 Å². The molecule has 1 N–H and O–H groups in total. The summed E-state index contributed by atoms with van der Waals surface area (Å²) in [5.41, 5.74) is 0.700. The van der Waals surface area contributed by atoms with E-state index in [0.29, 0.717) is 12.2 Å². The molecule has 0 spiro atoms. The van der Waals surface area contributed by atoms with Crippen LogP contribution in [0.5, 0.6) is 5.75 Å². The van der Waals surface area contributed by atoms with E-state index in [1.165, 1.54) is 4.88 Å². The lowest BCUT2D eigenvalue weighted by Gasteiger charge is -2.20. The molecular weight excluding hydrogens is 332 g/mol. The van der Waals surface area contributed by atoms with E-state index in [0.717, 1.165) is 38.3 Å². The summed E-state index contributed by atoms with van der Waals surface area (Å²) in [6.07, 6.45) is 1.00. The molecule has 124 valence electrons. The first-order valence-electron chi connectivity index (χ1n) is 7.58. The van der Waals surface area contributed by atoms with Gasteiger partial charge in [-0.25, -0.2) is 0 Å². The Balaban J connectivity index is 0.00000192. The number of halogens is 1. The second kappa shape index (κ2) is 8.91. The molecule has 6 heteroatoms. The fourth-order valence-corrected chi connectivity index (χ4v) is 3.12. The average molecular weight is 353 g/mol. The molecule has 2 heterocycles. The third kappa shape index (κ3) is 4.96. The third-order valence-corrected chi connectivity index (χ3v) is 4.52. The minimum atomic E-state index is 0. The molecule has 0 radical (unpaired) electrons. The van der Waals surface area contributed by atoms with Crippen molar-refractivity contribution in [3.8, 4) is 5.75 Å². The van der Waals surface area contributed by atoms with Crippen LogP contribution in [-0.4, -0.2) is 37.0 Å². The summed E-state index contributed by atoms with van der Waals surface area (Å²) < 4.78 is 5.78. The maximum absolute atomic E-state index is 12.6. The van der Waals surface area contributed by atoms with Gasteiger partial charge in [0.15, 0.2) is 0 Å². The second-order valence-corrected chi connectivity index (χ2v) is 6.32. The highest BCUT2D eigenvalue weighted by molar-refractivity contribution is 7.09. The summed E-state index contributed by atoms with van der Waals surface area (Å²) >= 11 is 1.67. The summed E-state index contributed by atoms with van der Waals surface area (Å²) in [4.78, 5) is 15.7. The maximum Gasteiger partial charge on any atom is 0.254 e. The highest BCUT2D eigenvalue weighted by Crippen LogP contribution is 2.18. The molecule has 0 bridgehead atoms. The number of thiophene rings is 1. The topological polar surface area (TPSA) is 41.6 Å². The highest BCUT2D eigenvalue weighted by atomic mass is 35.5. The van der Waals surface area contributed by atoms with Crippen LogP contribution >= 0.6 is 23.7 Å². The molecule has 0 unspecified atom stereocenters. The first kappa shape index (κ1) is 17.8. The Morgan fingerprint density at radius 2 is 2.13 bits per heavy atom. The molecule has 0 saturated carbocycles. The minimum absolute atomic E-state index is 0. The molecule has 1 saturated heterocycles. The SMILES string of the molecule is Cl.O=C(c1cccc(OCc2cccs2)c1)N1CCCNCC1. The molecule has 1 aromatic heterocycles. The summed E-state index contributed by atoms with van der Waals surface area (Å²) in [6.45, 7) is 3.96. The molecule has 1 aliphatic heterocycles. The van der Waals surface area contributed by atoms with Gasteiger partial charge in [-0.05, 0) is 42.6 Å². The van der Waals surface area contributed by atoms with Crippen molar-refractivity contribution < 1.29 is 9.53 Å². The van der Waals surface area contributed by atoms with Crippen molar-refractivity contribution in [1.82, 2.24) is 10.2 Å². The van der Waals surface area contributed by atoms with E-state index in [1.807, 2.05) is 46.7 Å². The van der Waals surface area contributed by atoms with E-state index < -0.39 is 0 Å². The van der Waals surface area contributed by atoms with Gasteiger partial charge in [0.1, 0.15) is 12.4 Å². The molecule has 2 aromatic rings. The fourth-order valence-electron chi connectivity index (χ4n) is 2.50. The maximum atomic E-state index is 12.6. The Morgan fingerprint density at radius 1 is 1.22 bits per heavy atom. The number of amides is 1. The molecule has 1 aliphatic rings. The Morgan fingerprint density at radius 3 is 2.96 bits per heavy atom. The zero-order valence-corrected chi connectivity index (χ0v) is 14.5. The van der Waals surface area contributed by atoms with Crippen LogP contribution in [0.3, 0.4) is 0 Å². The smallest absolute Gasteiger partial charge is 0.254 e. The second-order valence-electron chi connectivity index (χ2n) is 5.29. The Hall–Kier alpha value is -1.56. The molecule has 0 aliphatic carbocycles. The van der Waals surface area contributed by atoms with Gasteiger partial charge in [-0.3, -0.25) is 4.79 Å². The zero-order chi connectivity index (χ0) is 15.2. The zero-order valence-electron chi connectivity index (χ0n) is 12.9. The van der Waals surface area contributed by atoms with Gasteiger partial charge in [-0.2, -0.15) is 0 Å². The van der Waals surface area contributed by atoms with E-state index in [2.05, 4.69) is 5.32 Å². The standard InChI is InChI=1S/C17H20N2O2S.ClH/c20-17(19-9-3-7-18-8-10-19)14-4-1-5-15(12-14)21-13-16-6-2-11-22-16;/h1-2,4-6,11-12,18H,3,7-10,13H2;1H. The lowest BCUT2D eigenvalue weighted by Crippen LogP contribution is -2.34. The molecule has 23 heavy (non-hydrogen) atoms. The van der Waals surface area contributed by atoms with Crippen molar-refractivity contribution in [2.75, 3.05) is 26.2 Å². The van der Waals surface area contributed by atoms with Crippen molar-refractivity contribution in [2.45, 2.75) is 13.0 Å². The Kier molecular flexibility index (Phi) is 6.89. The Bertz CT molecular complexity index is 611. The first-order chi connectivity index (χ1) is 10.8.